The van der Waals surface area contributed by atoms with Crippen molar-refractivity contribution in [2.45, 2.75) is 6.54 Å². The molecule has 4 aromatic rings. The first-order valence-corrected chi connectivity index (χ1v) is 8.85. The summed E-state index contributed by atoms with van der Waals surface area (Å²) in [5.41, 5.74) is 0.648. The van der Waals surface area contributed by atoms with Gasteiger partial charge < -0.3 is 9.67 Å². The van der Waals surface area contributed by atoms with Crippen LogP contribution < -0.4 is 5.43 Å². The van der Waals surface area contributed by atoms with Crippen molar-refractivity contribution in [3.05, 3.63) is 106 Å². The van der Waals surface area contributed by atoms with Gasteiger partial charge in [-0.25, -0.2) is 13.6 Å². The molecular weight excluding hydrogens is 376 g/mol. The van der Waals surface area contributed by atoms with E-state index in [0.717, 1.165) is 35.0 Å². The van der Waals surface area contributed by atoms with Gasteiger partial charge in [-0.05, 0) is 28.8 Å². The van der Waals surface area contributed by atoms with Crippen LogP contribution in [0.2, 0.25) is 0 Å². The standard InChI is InChI=1S/C23H15F2NO3/c24-18-10-11-19(25)21-20(18)22(27)17(23(28)29)13-26(21)12-15-8-4-5-9-16(15)14-6-2-1-3-7-14/h1-11,13H,12H2,(H,28,29). The van der Waals surface area contributed by atoms with E-state index in [2.05, 4.69) is 0 Å². The normalized spacial score (nSPS) is 11.0. The van der Waals surface area contributed by atoms with Gasteiger partial charge in [0, 0.05) is 12.7 Å². The number of carbonyl (C=O) groups is 1. The van der Waals surface area contributed by atoms with Crippen molar-refractivity contribution in [1.82, 2.24) is 4.57 Å². The number of fused-ring (bicyclic) bond motifs is 1. The maximum atomic E-state index is 14.6. The van der Waals surface area contributed by atoms with E-state index >= 15 is 0 Å². The zero-order chi connectivity index (χ0) is 20.5. The number of benzene rings is 3. The highest BCUT2D eigenvalue weighted by Crippen LogP contribution is 2.26. The number of halogens is 2. The molecule has 0 aliphatic heterocycles. The average Bonchev–Trinajstić information content (AvgIpc) is 2.72. The number of rotatable bonds is 4. The SMILES string of the molecule is O=C(O)c1cn(Cc2ccccc2-c2ccccc2)c2c(F)ccc(F)c2c1=O. The molecule has 0 saturated carbocycles. The van der Waals surface area contributed by atoms with Gasteiger partial charge in [0.25, 0.3) is 0 Å². The van der Waals surface area contributed by atoms with Crippen LogP contribution in [-0.2, 0) is 6.54 Å². The Kier molecular flexibility index (Phi) is 4.68. The van der Waals surface area contributed by atoms with Gasteiger partial charge in [0.05, 0.1) is 10.9 Å². The third kappa shape index (κ3) is 3.29. The minimum atomic E-state index is -1.49. The van der Waals surface area contributed by atoms with Crippen molar-refractivity contribution in [3.63, 3.8) is 0 Å². The number of carboxylic acid groups (broad SMARTS) is 1. The Bertz CT molecular complexity index is 1300. The van der Waals surface area contributed by atoms with Crippen LogP contribution in [0.1, 0.15) is 15.9 Å². The number of pyridine rings is 1. The molecule has 0 amide bonds. The summed E-state index contributed by atoms with van der Waals surface area (Å²) in [7, 11) is 0. The van der Waals surface area contributed by atoms with Crippen LogP contribution in [0.25, 0.3) is 22.0 Å². The molecule has 0 unspecified atom stereocenters. The summed E-state index contributed by atoms with van der Waals surface area (Å²) >= 11 is 0. The van der Waals surface area contributed by atoms with Gasteiger partial charge in [0.1, 0.15) is 17.2 Å². The second-order valence-electron chi connectivity index (χ2n) is 6.58. The Morgan fingerprint density at radius 3 is 2.28 bits per heavy atom. The molecule has 4 nitrogen and oxygen atoms in total. The third-order valence-electron chi connectivity index (χ3n) is 4.79. The summed E-state index contributed by atoms with van der Waals surface area (Å²) < 4.78 is 30.2. The van der Waals surface area contributed by atoms with Crippen LogP contribution in [0.4, 0.5) is 8.78 Å². The van der Waals surface area contributed by atoms with Crippen LogP contribution in [-0.4, -0.2) is 15.6 Å². The van der Waals surface area contributed by atoms with Crippen LogP contribution in [0.15, 0.2) is 77.7 Å². The monoisotopic (exact) mass is 391 g/mol. The van der Waals surface area contributed by atoms with Crippen molar-refractivity contribution in [2.75, 3.05) is 0 Å². The quantitative estimate of drug-likeness (QED) is 0.549. The smallest absolute Gasteiger partial charge is 0.341 e. The minimum absolute atomic E-state index is 0.0580. The van der Waals surface area contributed by atoms with E-state index in [-0.39, 0.29) is 12.1 Å². The van der Waals surface area contributed by atoms with Gasteiger partial charge in [0.15, 0.2) is 0 Å². The second-order valence-corrected chi connectivity index (χ2v) is 6.58. The Balaban J connectivity index is 1.97. The van der Waals surface area contributed by atoms with Crippen molar-refractivity contribution in [3.8, 4) is 11.1 Å². The second kappa shape index (κ2) is 7.31. The summed E-state index contributed by atoms with van der Waals surface area (Å²) in [5.74, 6) is -3.25. The predicted molar refractivity (Wildman–Crippen MR) is 106 cm³/mol. The molecule has 144 valence electrons. The Labute approximate surface area is 164 Å². The molecule has 1 aromatic heterocycles. The molecule has 0 aliphatic carbocycles. The highest BCUT2D eigenvalue weighted by molar-refractivity contribution is 5.93. The zero-order valence-corrected chi connectivity index (χ0v) is 15.1. The van der Waals surface area contributed by atoms with Gasteiger partial charge in [-0.3, -0.25) is 4.79 Å². The minimum Gasteiger partial charge on any atom is -0.477 e. The lowest BCUT2D eigenvalue weighted by Crippen LogP contribution is -2.21. The van der Waals surface area contributed by atoms with Gasteiger partial charge in [0.2, 0.25) is 5.43 Å². The highest BCUT2D eigenvalue weighted by atomic mass is 19.1. The van der Waals surface area contributed by atoms with E-state index in [9.17, 15) is 23.5 Å². The Hall–Kier alpha value is -3.80. The largest absolute Gasteiger partial charge is 0.477 e. The lowest BCUT2D eigenvalue weighted by atomic mass is 9.99. The fraction of sp³-hybridized carbons (Fsp3) is 0.0435. The fourth-order valence-electron chi connectivity index (χ4n) is 3.47. The maximum absolute atomic E-state index is 14.6. The van der Waals surface area contributed by atoms with Crippen LogP contribution >= 0.6 is 0 Å². The molecule has 0 fully saturated rings. The third-order valence-corrected chi connectivity index (χ3v) is 4.79. The van der Waals surface area contributed by atoms with Crippen LogP contribution in [0.3, 0.4) is 0 Å². The summed E-state index contributed by atoms with van der Waals surface area (Å²) in [6, 6.07) is 18.6. The lowest BCUT2D eigenvalue weighted by Gasteiger charge is -2.16. The van der Waals surface area contributed by atoms with E-state index in [1.807, 2.05) is 54.6 Å². The predicted octanol–water partition coefficient (Wildman–Crippen LogP) is 4.69. The first-order chi connectivity index (χ1) is 14.0. The van der Waals surface area contributed by atoms with Crippen molar-refractivity contribution in [1.29, 1.82) is 0 Å². The van der Waals surface area contributed by atoms with E-state index in [0.29, 0.717) is 0 Å². The summed E-state index contributed by atoms with van der Waals surface area (Å²) in [6.07, 6.45) is 1.07. The molecule has 0 saturated heterocycles. The number of carboxylic acids is 1. The Morgan fingerprint density at radius 2 is 1.55 bits per heavy atom. The molecule has 3 aromatic carbocycles. The lowest BCUT2D eigenvalue weighted by molar-refractivity contribution is 0.0695. The molecule has 0 radical (unpaired) electrons. The van der Waals surface area contributed by atoms with E-state index in [4.69, 9.17) is 0 Å². The average molecular weight is 391 g/mol. The molecule has 0 bridgehead atoms. The molecule has 1 heterocycles. The molecule has 1 N–H and O–H groups in total. The zero-order valence-electron chi connectivity index (χ0n) is 15.1. The van der Waals surface area contributed by atoms with Crippen LogP contribution in [0, 0.1) is 11.6 Å². The Morgan fingerprint density at radius 1 is 0.897 bits per heavy atom. The first kappa shape index (κ1) is 18.6. The molecule has 0 spiro atoms. The number of hydrogen-bond donors (Lipinski definition) is 1. The van der Waals surface area contributed by atoms with Crippen molar-refractivity contribution < 1.29 is 18.7 Å². The fourth-order valence-corrected chi connectivity index (χ4v) is 3.47. The van der Waals surface area contributed by atoms with E-state index in [1.165, 1.54) is 4.57 Å². The van der Waals surface area contributed by atoms with Gasteiger partial charge in [-0.1, -0.05) is 54.6 Å². The number of nitrogens with zero attached hydrogens (tertiary/aromatic N) is 1. The number of aromatic nitrogens is 1. The van der Waals surface area contributed by atoms with E-state index in [1.54, 1.807) is 0 Å². The molecule has 29 heavy (non-hydrogen) atoms. The first-order valence-electron chi connectivity index (χ1n) is 8.85. The molecular formula is C23H15F2NO3. The molecule has 0 aliphatic rings. The van der Waals surface area contributed by atoms with Gasteiger partial charge in [-0.2, -0.15) is 0 Å². The van der Waals surface area contributed by atoms with Crippen molar-refractivity contribution in [2.24, 2.45) is 0 Å². The summed E-state index contributed by atoms with van der Waals surface area (Å²) in [5, 5.41) is 8.81. The topological polar surface area (TPSA) is 59.3 Å². The number of aromatic carboxylic acids is 1. The van der Waals surface area contributed by atoms with Crippen LogP contribution in [0.5, 0.6) is 0 Å². The highest BCUT2D eigenvalue weighted by Gasteiger charge is 2.20. The molecule has 0 atom stereocenters. The van der Waals surface area contributed by atoms with E-state index < -0.39 is 34.0 Å². The number of hydrogen-bond acceptors (Lipinski definition) is 2. The summed E-state index contributed by atoms with van der Waals surface area (Å²) in [6.45, 7) is 0.0580. The van der Waals surface area contributed by atoms with Crippen molar-refractivity contribution >= 4 is 16.9 Å². The maximum Gasteiger partial charge on any atom is 0.341 e. The van der Waals surface area contributed by atoms with Gasteiger partial charge in [-0.15, -0.1) is 0 Å². The molecule has 4 rings (SSSR count). The molecule has 6 heteroatoms. The van der Waals surface area contributed by atoms with Gasteiger partial charge >= 0.3 is 5.97 Å². The summed E-state index contributed by atoms with van der Waals surface area (Å²) in [4.78, 5) is 24.0.